The molecule has 130 valence electrons. The fourth-order valence-corrected chi connectivity index (χ4v) is 4.00. The van der Waals surface area contributed by atoms with Gasteiger partial charge in [0.2, 0.25) is 5.85 Å². The molecule has 0 aromatic carbocycles. The van der Waals surface area contributed by atoms with Gasteiger partial charge in [-0.3, -0.25) is 14.3 Å². The third-order valence-corrected chi connectivity index (χ3v) is 4.03. The summed E-state index contributed by atoms with van der Waals surface area (Å²) in [5, 5.41) is 9.40. The molecular formula is C15H32N3O3P. The van der Waals surface area contributed by atoms with Crippen molar-refractivity contribution >= 4 is 8.60 Å². The zero-order valence-corrected chi connectivity index (χ0v) is 16.0. The summed E-state index contributed by atoms with van der Waals surface area (Å²) in [5.74, 6) is -1.17. The molecule has 0 rings (SSSR count). The Morgan fingerprint density at radius 2 is 1.23 bits per heavy atom. The lowest BCUT2D eigenvalue weighted by atomic mass is 10.1. The Bertz CT molecular complexity index is 332. The van der Waals surface area contributed by atoms with E-state index in [1.165, 1.54) is 0 Å². The Labute approximate surface area is 136 Å². The number of nitrogens with zero attached hydrogens (tertiary/aromatic N) is 3. The summed E-state index contributed by atoms with van der Waals surface area (Å²) in [6.45, 7) is 16.2. The predicted octanol–water partition coefficient (Wildman–Crippen LogP) is 3.02. The van der Waals surface area contributed by atoms with Crippen LogP contribution in [0.25, 0.3) is 0 Å². The van der Waals surface area contributed by atoms with Gasteiger partial charge in [0.05, 0.1) is 12.5 Å². The molecule has 0 unspecified atom stereocenters. The van der Waals surface area contributed by atoms with Crippen LogP contribution in [0.4, 0.5) is 0 Å². The highest BCUT2D eigenvalue weighted by atomic mass is 31.2. The van der Waals surface area contributed by atoms with E-state index in [0.29, 0.717) is 0 Å². The standard InChI is InChI=1S/C15H32N3O3P/c1-11(2)17(12(3)4)15(9-10-16,21-22(19)20)18(13(5)6)14(7)8/h11-14,19-20H,9H2,1-8H3. The minimum atomic E-state index is -2.60. The van der Waals surface area contributed by atoms with Crippen molar-refractivity contribution in [1.29, 1.82) is 5.26 Å². The monoisotopic (exact) mass is 333 g/mol. The molecule has 7 heteroatoms. The molecule has 0 aliphatic heterocycles. The Morgan fingerprint density at radius 1 is 0.909 bits per heavy atom. The minimum absolute atomic E-state index is 0.0275. The van der Waals surface area contributed by atoms with E-state index >= 15 is 0 Å². The van der Waals surface area contributed by atoms with Gasteiger partial charge in [-0.25, -0.2) is 0 Å². The number of rotatable bonds is 9. The zero-order valence-electron chi connectivity index (χ0n) is 15.1. The maximum atomic E-state index is 9.57. The molecule has 0 saturated heterocycles. The minimum Gasteiger partial charge on any atom is -0.328 e. The van der Waals surface area contributed by atoms with Gasteiger partial charge in [-0.05, 0) is 55.4 Å². The van der Waals surface area contributed by atoms with Crippen LogP contribution in [0.5, 0.6) is 0 Å². The molecule has 0 atom stereocenters. The van der Waals surface area contributed by atoms with Crippen molar-refractivity contribution in [1.82, 2.24) is 9.80 Å². The second kappa shape index (κ2) is 9.12. The van der Waals surface area contributed by atoms with Crippen molar-refractivity contribution in [3.63, 3.8) is 0 Å². The van der Waals surface area contributed by atoms with Crippen LogP contribution >= 0.6 is 8.60 Å². The first-order valence-corrected chi connectivity index (χ1v) is 8.98. The Morgan fingerprint density at radius 3 is 1.41 bits per heavy atom. The molecule has 0 aromatic rings. The lowest BCUT2D eigenvalue weighted by molar-refractivity contribution is -0.237. The average Bonchev–Trinajstić information content (AvgIpc) is 2.24. The van der Waals surface area contributed by atoms with Crippen molar-refractivity contribution in [2.24, 2.45) is 0 Å². The molecule has 0 radical (unpaired) electrons. The molecule has 0 heterocycles. The van der Waals surface area contributed by atoms with E-state index in [0.717, 1.165) is 0 Å². The third-order valence-electron chi connectivity index (χ3n) is 3.57. The van der Waals surface area contributed by atoms with Crippen LogP contribution in [0, 0.1) is 11.3 Å². The van der Waals surface area contributed by atoms with Crippen molar-refractivity contribution in [2.45, 2.75) is 91.8 Å². The molecule has 2 N–H and O–H groups in total. The van der Waals surface area contributed by atoms with Gasteiger partial charge >= 0.3 is 8.60 Å². The van der Waals surface area contributed by atoms with Gasteiger partial charge in [0.1, 0.15) is 0 Å². The van der Waals surface area contributed by atoms with E-state index in [4.69, 9.17) is 4.52 Å². The van der Waals surface area contributed by atoms with E-state index in [1.807, 2.05) is 65.2 Å². The van der Waals surface area contributed by atoms with E-state index < -0.39 is 14.5 Å². The maximum absolute atomic E-state index is 9.57. The summed E-state index contributed by atoms with van der Waals surface area (Å²) in [6, 6.07) is 2.46. The number of hydrogen-bond donors (Lipinski definition) is 2. The van der Waals surface area contributed by atoms with Gasteiger partial charge in [0.15, 0.2) is 0 Å². The van der Waals surface area contributed by atoms with Gasteiger partial charge in [-0.1, -0.05) is 0 Å². The van der Waals surface area contributed by atoms with Gasteiger partial charge < -0.3 is 9.79 Å². The maximum Gasteiger partial charge on any atom is 0.329 e. The SMILES string of the molecule is CC(C)N(C(C)C)C(CC#N)(OP(O)O)N(C(C)C)C(C)C. The van der Waals surface area contributed by atoms with Gasteiger partial charge in [0, 0.05) is 24.2 Å². The molecule has 0 aliphatic carbocycles. The molecule has 0 aliphatic rings. The summed E-state index contributed by atoms with van der Waals surface area (Å²) in [5.41, 5.74) is 0. The molecule has 0 saturated carbocycles. The van der Waals surface area contributed by atoms with Crippen LogP contribution in [-0.4, -0.2) is 49.6 Å². The van der Waals surface area contributed by atoms with Crippen LogP contribution in [0.2, 0.25) is 0 Å². The third kappa shape index (κ3) is 5.13. The first-order valence-electron chi connectivity index (χ1n) is 7.82. The van der Waals surface area contributed by atoms with E-state index in [9.17, 15) is 15.0 Å². The van der Waals surface area contributed by atoms with Crippen molar-refractivity contribution in [3.8, 4) is 6.07 Å². The first kappa shape index (κ1) is 21.7. The fourth-order valence-electron chi connectivity index (χ4n) is 3.48. The smallest absolute Gasteiger partial charge is 0.328 e. The normalized spacial score (nSPS) is 13.5. The summed E-state index contributed by atoms with van der Waals surface area (Å²) in [6.07, 6.45) is 0.0275. The Balaban J connectivity index is 6.25. The number of nitriles is 1. The second-order valence-corrected chi connectivity index (χ2v) is 7.30. The highest BCUT2D eigenvalue weighted by molar-refractivity contribution is 7.39. The van der Waals surface area contributed by atoms with Gasteiger partial charge in [-0.2, -0.15) is 5.26 Å². The Kier molecular flexibility index (Phi) is 9.01. The zero-order chi connectivity index (χ0) is 17.7. The van der Waals surface area contributed by atoms with E-state index in [-0.39, 0.29) is 30.6 Å². The van der Waals surface area contributed by atoms with Gasteiger partial charge in [-0.15, -0.1) is 0 Å². The van der Waals surface area contributed by atoms with Crippen LogP contribution in [0.3, 0.4) is 0 Å². The molecule has 22 heavy (non-hydrogen) atoms. The number of hydrogen-bond acceptors (Lipinski definition) is 6. The van der Waals surface area contributed by atoms with Gasteiger partial charge in [0.25, 0.3) is 0 Å². The van der Waals surface area contributed by atoms with E-state index in [1.54, 1.807) is 0 Å². The molecule has 0 bridgehead atoms. The summed E-state index contributed by atoms with van der Waals surface area (Å²) < 4.78 is 5.65. The van der Waals surface area contributed by atoms with E-state index in [2.05, 4.69) is 6.07 Å². The molecular weight excluding hydrogens is 301 g/mol. The average molecular weight is 333 g/mol. The largest absolute Gasteiger partial charge is 0.329 e. The lowest BCUT2D eigenvalue weighted by Gasteiger charge is -2.55. The molecule has 0 spiro atoms. The summed E-state index contributed by atoms with van der Waals surface area (Å²) in [4.78, 5) is 23.2. The lowest BCUT2D eigenvalue weighted by Crippen LogP contribution is -2.68. The van der Waals surface area contributed by atoms with Crippen LogP contribution in [-0.2, 0) is 4.52 Å². The highest BCUT2D eigenvalue weighted by Gasteiger charge is 2.49. The first-order chi connectivity index (χ1) is 10.0. The molecule has 0 fully saturated rings. The quantitative estimate of drug-likeness (QED) is 0.499. The van der Waals surface area contributed by atoms with Crippen LogP contribution < -0.4 is 0 Å². The second-order valence-electron chi connectivity index (χ2n) is 6.61. The van der Waals surface area contributed by atoms with Crippen LogP contribution in [0.1, 0.15) is 61.8 Å². The van der Waals surface area contributed by atoms with Crippen molar-refractivity contribution < 1.29 is 14.3 Å². The van der Waals surface area contributed by atoms with Crippen molar-refractivity contribution in [2.75, 3.05) is 0 Å². The highest BCUT2D eigenvalue weighted by Crippen LogP contribution is 2.42. The fraction of sp³-hybridized carbons (Fsp3) is 0.933. The van der Waals surface area contributed by atoms with Crippen molar-refractivity contribution in [3.05, 3.63) is 0 Å². The summed E-state index contributed by atoms with van der Waals surface area (Å²) in [7, 11) is -2.60. The predicted molar refractivity (Wildman–Crippen MR) is 89.6 cm³/mol. The van der Waals surface area contributed by atoms with Crippen LogP contribution in [0.15, 0.2) is 0 Å². The molecule has 0 aromatic heterocycles. The molecule has 6 nitrogen and oxygen atoms in total. The summed E-state index contributed by atoms with van der Waals surface area (Å²) >= 11 is 0. The topological polar surface area (TPSA) is 80.0 Å². The molecule has 0 amide bonds. The Hall–Kier alpha value is -0.280.